The molecule has 0 radical (unpaired) electrons. The van der Waals surface area contributed by atoms with Gasteiger partial charge < -0.3 is 15.2 Å². The van der Waals surface area contributed by atoms with Crippen LogP contribution in [0.2, 0.25) is 0 Å². The maximum absolute atomic E-state index is 9.13. The summed E-state index contributed by atoms with van der Waals surface area (Å²) in [6.45, 7) is 4.04. The van der Waals surface area contributed by atoms with Gasteiger partial charge in [-0.15, -0.1) is 0 Å². The third kappa shape index (κ3) is 1.64. The first-order valence-corrected chi connectivity index (χ1v) is 3.33. The Morgan fingerprint density at radius 2 is 2.44 bits per heavy atom. The zero-order valence-electron chi connectivity index (χ0n) is 5.63. The van der Waals surface area contributed by atoms with Crippen LogP contribution >= 0.6 is 0 Å². The molecule has 0 aromatic heterocycles. The van der Waals surface area contributed by atoms with Crippen LogP contribution in [0.25, 0.3) is 0 Å². The molecule has 1 fully saturated rings. The van der Waals surface area contributed by atoms with Crippen molar-refractivity contribution < 1.29 is 9.84 Å². The maximum Gasteiger partial charge on any atom is 0.0948 e. The minimum atomic E-state index is -0.301. The largest absolute Gasteiger partial charge is 0.389 e. The lowest BCUT2D eigenvalue weighted by Gasteiger charge is -2.11. The van der Waals surface area contributed by atoms with E-state index >= 15 is 0 Å². The molecule has 0 bridgehead atoms. The Bertz CT molecular complexity index is 87.1. The Kier molecular flexibility index (Phi) is 2.45. The molecule has 1 unspecified atom stereocenters. The van der Waals surface area contributed by atoms with Crippen molar-refractivity contribution in [3.05, 3.63) is 0 Å². The molecule has 3 heteroatoms. The number of nitrogens with one attached hydrogen (secondary N) is 1. The smallest absolute Gasteiger partial charge is 0.0948 e. The Labute approximate surface area is 55.0 Å². The van der Waals surface area contributed by atoms with E-state index in [0.717, 1.165) is 6.54 Å². The summed E-state index contributed by atoms with van der Waals surface area (Å²) in [5, 5.41) is 12.3. The van der Waals surface area contributed by atoms with Crippen LogP contribution in [0.5, 0.6) is 0 Å². The van der Waals surface area contributed by atoms with E-state index in [1.54, 1.807) is 0 Å². The fourth-order valence-corrected chi connectivity index (χ4v) is 1.00. The first kappa shape index (κ1) is 6.99. The lowest BCUT2D eigenvalue weighted by atomic mass is 10.2. The van der Waals surface area contributed by atoms with Crippen LogP contribution in [0.1, 0.15) is 6.92 Å². The zero-order chi connectivity index (χ0) is 6.69. The van der Waals surface area contributed by atoms with Crippen molar-refractivity contribution in [3.63, 3.8) is 0 Å². The van der Waals surface area contributed by atoms with Gasteiger partial charge in [0.15, 0.2) is 0 Å². The summed E-state index contributed by atoms with van der Waals surface area (Å²) in [5.41, 5.74) is 0. The number of aliphatic hydroxyl groups is 1. The van der Waals surface area contributed by atoms with E-state index in [0.29, 0.717) is 13.2 Å². The predicted molar refractivity (Wildman–Crippen MR) is 34.3 cm³/mol. The third-order valence-electron chi connectivity index (χ3n) is 1.52. The van der Waals surface area contributed by atoms with Gasteiger partial charge in [-0.2, -0.15) is 0 Å². The molecule has 1 aliphatic heterocycles. The van der Waals surface area contributed by atoms with Gasteiger partial charge in [-0.25, -0.2) is 0 Å². The Hall–Kier alpha value is -0.120. The van der Waals surface area contributed by atoms with Gasteiger partial charge in [0.05, 0.1) is 25.4 Å². The SMILES string of the molecule is CCNC1COC[C@@H]1O. The molecule has 0 aromatic rings. The quantitative estimate of drug-likeness (QED) is 0.523. The van der Waals surface area contributed by atoms with Crippen molar-refractivity contribution in [1.29, 1.82) is 0 Å². The summed E-state index contributed by atoms with van der Waals surface area (Å²) in [6, 6.07) is 0.162. The van der Waals surface area contributed by atoms with E-state index < -0.39 is 0 Å². The number of ether oxygens (including phenoxy) is 1. The van der Waals surface area contributed by atoms with Crippen molar-refractivity contribution in [2.75, 3.05) is 19.8 Å². The summed E-state index contributed by atoms with van der Waals surface area (Å²) in [6.07, 6.45) is -0.301. The summed E-state index contributed by atoms with van der Waals surface area (Å²) in [7, 11) is 0. The monoisotopic (exact) mass is 131 g/mol. The number of hydrogen-bond donors (Lipinski definition) is 2. The lowest BCUT2D eigenvalue weighted by Crippen LogP contribution is -2.38. The second kappa shape index (κ2) is 3.15. The average Bonchev–Trinajstić information content (AvgIpc) is 2.18. The fraction of sp³-hybridized carbons (Fsp3) is 1.00. The molecule has 0 spiro atoms. The van der Waals surface area contributed by atoms with E-state index in [-0.39, 0.29) is 12.1 Å². The molecule has 0 aromatic carbocycles. The average molecular weight is 131 g/mol. The predicted octanol–water partition coefficient (Wildman–Crippen LogP) is -0.644. The molecule has 1 aliphatic rings. The number of aliphatic hydroxyl groups excluding tert-OH is 1. The minimum Gasteiger partial charge on any atom is -0.389 e. The van der Waals surface area contributed by atoms with Crippen LogP contribution in [0.3, 0.4) is 0 Å². The van der Waals surface area contributed by atoms with Gasteiger partial charge in [0.2, 0.25) is 0 Å². The van der Waals surface area contributed by atoms with Gasteiger partial charge in [0.1, 0.15) is 0 Å². The van der Waals surface area contributed by atoms with Gasteiger partial charge in [-0.3, -0.25) is 0 Å². The Morgan fingerprint density at radius 1 is 1.67 bits per heavy atom. The molecule has 1 heterocycles. The van der Waals surface area contributed by atoms with E-state index in [1.165, 1.54) is 0 Å². The van der Waals surface area contributed by atoms with Crippen molar-refractivity contribution in [2.45, 2.75) is 19.1 Å². The van der Waals surface area contributed by atoms with Crippen LogP contribution in [0.4, 0.5) is 0 Å². The molecular weight excluding hydrogens is 118 g/mol. The second-order valence-corrected chi connectivity index (χ2v) is 2.27. The Balaban J connectivity index is 2.22. The van der Waals surface area contributed by atoms with Crippen molar-refractivity contribution in [1.82, 2.24) is 5.32 Å². The van der Waals surface area contributed by atoms with Crippen LogP contribution in [0, 0.1) is 0 Å². The molecule has 3 nitrogen and oxygen atoms in total. The third-order valence-corrected chi connectivity index (χ3v) is 1.52. The standard InChI is InChI=1S/C6H13NO2/c1-2-7-5-3-9-4-6(5)8/h5-8H,2-4H2,1H3/t5?,6-/m0/s1. The van der Waals surface area contributed by atoms with Crippen LogP contribution in [0.15, 0.2) is 0 Å². The van der Waals surface area contributed by atoms with E-state index in [4.69, 9.17) is 9.84 Å². The number of hydrogen-bond acceptors (Lipinski definition) is 3. The van der Waals surface area contributed by atoms with Gasteiger partial charge in [-0.1, -0.05) is 6.92 Å². The summed E-state index contributed by atoms with van der Waals surface area (Å²) in [4.78, 5) is 0. The molecule has 54 valence electrons. The molecule has 0 saturated carbocycles. The van der Waals surface area contributed by atoms with Crippen LogP contribution in [-0.2, 0) is 4.74 Å². The van der Waals surface area contributed by atoms with Crippen molar-refractivity contribution >= 4 is 0 Å². The summed E-state index contributed by atoms with van der Waals surface area (Å²) < 4.78 is 5.01. The highest BCUT2D eigenvalue weighted by Crippen LogP contribution is 2.03. The molecular formula is C6H13NO2. The van der Waals surface area contributed by atoms with Gasteiger partial charge in [-0.05, 0) is 6.54 Å². The molecule has 0 amide bonds. The highest BCUT2D eigenvalue weighted by molar-refractivity contribution is 4.79. The fourth-order valence-electron chi connectivity index (χ4n) is 1.00. The number of rotatable bonds is 2. The maximum atomic E-state index is 9.13. The molecule has 9 heavy (non-hydrogen) atoms. The van der Waals surface area contributed by atoms with Crippen molar-refractivity contribution in [2.24, 2.45) is 0 Å². The van der Waals surface area contributed by atoms with Crippen LogP contribution < -0.4 is 5.32 Å². The highest BCUT2D eigenvalue weighted by atomic mass is 16.5. The van der Waals surface area contributed by atoms with E-state index in [2.05, 4.69) is 5.32 Å². The summed E-state index contributed by atoms with van der Waals surface area (Å²) >= 11 is 0. The van der Waals surface area contributed by atoms with Crippen molar-refractivity contribution in [3.8, 4) is 0 Å². The molecule has 2 N–H and O–H groups in total. The molecule has 0 aliphatic carbocycles. The molecule has 1 saturated heterocycles. The van der Waals surface area contributed by atoms with Gasteiger partial charge in [0, 0.05) is 0 Å². The topological polar surface area (TPSA) is 41.5 Å². The first-order valence-electron chi connectivity index (χ1n) is 3.33. The van der Waals surface area contributed by atoms with E-state index in [1.807, 2.05) is 6.92 Å². The summed E-state index contributed by atoms with van der Waals surface area (Å²) in [5.74, 6) is 0. The molecule has 2 atom stereocenters. The van der Waals surface area contributed by atoms with Crippen LogP contribution in [-0.4, -0.2) is 37.0 Å². The lowest BCUT2D eigenvalue weighted by molar-refractivity contribution is 0.122. The molecule has 1 rings (SSSR count). The Morgan fingerprint density at radius 3 is 2.89 bits per heavy atom. The second-order valence-electron chi connectivity index (χ2n) is 2.27. The number of likely N-dealkylation sites (N-methyl/N-ethyl adjacent to an activating group) is 1. The normalized spacial score (nSPS) is 35.3. The van der Waals surface area contributed by atoms with Gasteiger partial charge in [0.25, 0.3) is 0 Å². The highest BCUT2D eigenvalue weighted by Gasteiger charge is 2.24. The van der Waals surface area contributed by atoms with E-state index in [9.17, 15) is 0 Å². The zero-order valence-corrected chi connectivity index (χ0v) is 5.63. The first-order chi connectivity index (χ1) is 4.34. The van der Waals surface area contributed by atoms with Gasteiger partial charge >= 0.3 is 0 Å². The minimum absolute atomic E-state index is 0.162.